The lowest BCUT2D eigenvalue weighted by Gasteiger charge is -2.03. The second-order valence-corrected chi connectivity index (χ2v) is 6.82. The first-order valence-electron chi connectivity index (χ1n) is 5.57. The van der Waals surface area contributed by atoms with E-state index in [1.165, 1.54) is 0 Å². The largest absolute Gasteiger partial charge is 0.308 e. The Kier molecular flexibility index (Phi) is 4.94. The first kappa shape index (κ1) is 14.2. The van der Waals surface area contributed by atoms with E-state index in [4.69, 9.17) is 11.6 Å². The van der Waals surface area contributed by atoms with Crippen LogP contribution < -0.4 is 5.32 Å². The summed E-state index contributed by atoms with van der Waals surface area (Å²) in [7, 11) is 0. The Balaban J connectivity index is 2.21. The number of nitrogens with zero attached hydrogens (tertiary/aromatic N) is 2. The standard InChI is InChI=1S/C12H13ClIN3S/c1-7(2)15-6-11-16-17-12(18-11)9-5-8(13)3-4-10(9)14/h3-5,7,15H,6H2,1-2H3. The van der Waals surface area contributed by atoms with Crippen molar-refractivity contribution in [2.75, 3.05) is 0 Å². The fraction of sp³-hybridized carbons (Fsp3) is 0.333. The molecule has 0 bridgehead atoms. The number of rotatable bonds is 4. The van der Waals surface area contributed by atoms with Gasteiger partial charge in [0.2, 0.25) is 0 Å². The van der Waals surface area contributed by atoms with Crippen LogP contribution in [0.25, 0.3) is 10.6 Å². The van der Waals surface area contributed by atoms with Crippen molar-refractivity contribution < 1.29 is 0 Å². The van der Waals surface area contributed by atoms with Gasteiger partial charge >= 0.3 is 0 Å². The molecule has 0 saturated carbocycles. The molecule has 1 heterocycles. The summed E-state index contributed by atoms with van der Waals surface area (Å²) < 4.78 is 1.14. The van der Waals surface area contributed by atoms with Gasteiger partial charge in [0.1, 0.15) is 10.0 Å². The highest BCUT2D eigenvalue weighted by molar-refractivity contribution is 14.1. The summed E-state index contributed by atoms with van der Waals surface area (Å²) in [5, 5.41) is 14.4. The average Bonchev–Trinajstić information content (AvgIpc) is 2.78. The molecule has 0 radical (unpaired) electrons. The maximum atomic E-state index is 6.02. The van der Waals surface area contributed by atoms with Gasteiger partial charge in [-0.15, -0.1) is 10.2 Å². The zero-order chi connectivity index (χ0) is 13.1. The maximum absolute atomic E-state index is 6.02. The van der Waals surface area contributed by atoms with Crippen LogP contribution in [0.2, 0.25) is 5.02 Å². The number of aromatic nitrogens is 2. The van der Waals surface area contributed by atoms with Crippen LogP contribution >= 0.6 is 45.5 Å². The van der Waals surface area contributed by atoms with Gasteiger partial charge in [-0.2, -0.15) is 0 Å². The van der Waals surface area contributed by atoms with E-state index in [2.05, 4.69) is 52.0 Å². The molecule has 1 N–H and O–H groups in total. The van der Waals surface area contributed by atoms with E-state index in [0.29, 0.717) is 6.04 Å². The Morgan fingerprint density at radius 2 is 2.17 bits per heavy atom. The normalized spacial score (nSPS) is 11.2. The first-order valence-corrected chi connectivity index (χ1v) is 7.85. The van der Waals surface area contributed by atoms with Gasteiger partial charge in [0.15, 0.2) is 0 Å². The number of halogens is 2. The lowest BCUT2D eigenvalue weighted by Crippen LogP contribution is -2.21. The Bertz CT molecular complexity index is 542. The van der Waals surface area contributed by atoms with Gasteiger partial charge in [-0.1, -0.05) is 36.8 Å². The van der Waals surface area contributed by atoms with Crippen LogP contribution in [0.15, 0.2) is 18.2 Å². The zero-order valence-corrected chi connectivity index (χ0v) is 13.8. The van der Waals surface area contributed by atoms with E-state index in [1.54, 1.807) is 11.3 Å². The molecule has 0 spiro atoms. The van der Waals surface area contributed by atoms with Crippen LogP contribution in [0.5, 0.6) is 0 Å². The van der Waals surface area contributed by atoms with Crippen molar-refractivity contribution in [3.8, 4) is 10.6 Å². The second kappa shape index (κ2) is 6.27. The molecular weight excluding hydrogens is 381 g/mol. The molecule has 0 aliphatic heterocycles. The predicted octanol–water partition coefficient (Wildman–Crippen LogP) is 3.96. The molecule has 0 saturated heterocycles. The van der Waals surface area contributed by atoms with E-state index >= 15 is 0 Å². The van der Waals surface area contributed by atoms with Crippen molar-refractivity contribution in [3.05, 3.63) is 31.8 Å². The lowest BCUT2D eigenvalue weighted by atomic mass is 10.2. The molecule has 6 heteroatoms. The molecule has 0 aliphatic carbocycles. The smallest absolute Gasteiger partial charge is 0.148 e. The third-order valence-electron chi connectivity index (χ3n) is 2.29. The Morgan fingerprint density at radius 3 is 2.89 bits per heavy atom. The number of hydrogen-bond donors (Lipinski definition) is 1. The third-order valence-corrected chi connectivity index (χ3v) is 4.42. The van der Waals surface area contributed by atoms with Gasteiger partial charge in [-0.05, 0) is 40.8 Å². The van der Waals surface area contributed by atoms with E-state index in [0.717, 1.165) is 30.7 Å². The topological polar surface area (TPSA) is 37.8 Å². The average molecular weight is 394 g/mol. The molecule has 1 aromatic heterocycles. The van der Waals surface area contributed by atoms with Gasteiger partial charge < -0.3 is 5.32 Å². The highest BCUT2D eigenvalue weighted by Gasteiger charge is 2.10. The molecule has 0 fully saturated rings. The molecule has 0 amide bonds. The summed E-state index contributed by atoms with van der Waals surface area (Å²) in [6, 6.07) is 6.26. The molecule has 2 aromatic rings. The van der Waals surface area contributed by atoms with Gasteiger partial charge in [-0.3, -0.25) is 0 Å². The number of nitrogens with one attached hydrogen (secondary N) is 1. The van der Waals surface area contributed by atoms with Crippen LogP contribution in [0.1, 0.15) is 18.9 Å². The van der Waals surface area contributed by atoms with Crippen LogP contribution in [-0.2, 0) is 6.54 Å². The predicted molar refractivity (Wildman–Crippen MR) is 85.0 cm³/mol. The van der Waals surface area contributed by atoms with Crippen LogP contribution in [-0.4, -0.2) is 16.2 Å². The van der Waals surface area contributed by atoms with Gasteiger partial charge in [0.25, 0.3) is 0 Å². The van der Waals surface area contributed by atoms with Crippen molar-refractivity contribution in [1.82, 2.24) is 15.5 Å². The zero-order valence-electron chi connectivity index (χ0n) is 10.1. The van der Waals surface area contributed by atoms with Gasteiger partial charge in [0.05, 0.1) is 0 Å². The van der Waals surface area contributed by atoms with E-state index < -0.39 is 0 Å². The molecule has 18 heavy (non-hydrogen) atoms. The SMILES string of the molecule is CC(C)NCc1nnc(-c2cc(Cl)ccc2I)s1. The summed E-state index contributed by atoms with van der Waals surface area (Å²) in [5.41, 5.74) is 1.05. The molecule has 0 aliphatic rings. The van der Waals surface area contributed by atoms with Crippen molar-refractivity contribution in [2.45, 2.75) is 26.4 Å². The third kappa shape index (κ3) is 3.63. The van der Waals surface area contributed by atoms with Crippen molar-refractivity contribution in [3.63, 3.8) is 0 Å². The fourth-order valence-electron chi connectivity index (χ4n) is 1.39. The Labute approximate surface area is 129 Å². The number of hydrogen-bond acceptors (Lipinski definition) is 4. The minimum Gasteiger partial charge on any atom is -0.308 e. The van der Waals surface area contributed by atoms with Crippen molar-refractivity contribution >= 4 is 45.5 Å². The summed E-state index contributed by atoms with van der Waals surface area (Å²) in [6.45, 7) is 4.98. The minimum atomic E-state index is 0.448. The van der Waals surface area contributed by atoms with Crippen molar-refractivity contribution in [1.29, 1.82) is 0 Å². The Morgan fingerprint density at radius 1 is 1.39 bits per heavy atom. The molecule has 1 aromatic carbocycles. The molecule has 2 rings (SSSR count). The number of benzene rings is 1. The summed E-state index contributed by atoms with van der Waals surface area (Å²) in [5.74, 6) is 0. The van der Waals surface area contributed by atoms with E-state index in [1.807, 2.05) is 18.2 Å². The van der Waals surface area contributed by atoms with Gasteiger partial charge in [0, 0.05) is 26.7 Å². The van der Waals surface area contributed by atoms with E-state index in [-0.39, 0.29) is 0 Å². The molecule has 0 atom stereocenters. The van der Waals surface area contributed by atoms with Crippen LogP contribution in [0.3, 0.4) is 0 Å². The minimum absolute atomic E-state index is 0.448. The van der Waals surface area contributed by atoms with Crippen LogP contribution in [0.4, 0.5) is 0 Å². The highest BCUT2D eigenvalue weighted by atomic mass is 127. The summed E-state index contributed by atoms with van der Waals surface area (Å²) in [4.78, 5) is 0. The summed E-state index contributed by atoms with van der Waals surface area (Å²) in [6.07, 6.45) is 0. The molecule has 3 nitrogen and oxygen atoms in total. The molecular formula is C12H13ClIN3S. The van der Waals surface area contributed by atoms with Crippen molar-refractivity contribution in [2.24, 2.45) is 0 Å². The summed E-state index contributed by atoms with van der Waals surface area (Å²) >= 11 is 9.91. The molecule has 96 valence electrons. The Hall–Kier alpha value is -0.240. The second-order valence-electron chi connectivity index (χ2n) is 4.16. The quantitative estimate of drug-likeness (QED) is 0.799. The van der Waals surface area contributed by atoms with E-state index in [9.17, 15) is 0 Å². The monoisotopic (exact) mass is 393 g/mol. The molecule has 0 unspecified atom stereocenters. The maximum Gasteiger partial charge on any atom is 0.148 e. The van der Waals surface area contributed by atoms with Crippen LogP contribution in [0, 0.1) is 3.57 Å². The highest BCUT2D eigenvalue weighted by Crippen LogP contribution is 2.30. The fourth-order valence-corrected chi connectivity index (χ4v) is 3.15. The van der Waals surface area contributed by atoms with Gasteiger partial charge in [-0.25, -0.2) is 0 Å². The first-order chi connectivity index (χ1) is 8.56. The lowest BCUT2D eigenvalue weighted by molar-refractivity contribution is 0.585.